The van der Waals surface area contributed by atoms with Gasteiger partial charge in [-0.15, -0.1) is 11.3 Å². The summed E-state index contributed by atoms with van der Waals surface area (Å²) in [5, 5.41) is 1.92. The van der Waals surface area contributed by atoms with Crippen LogP contribution in [0, 0.1) is 0 Å². The van der Waals surface area contributed by atoms with Crippen LogP contribution in [0.15, 0.2) is 75.5 Å². The molecule has 1 atom stereocenters. The molecule has 2 aromatic heterocycles. The van der Waals surface area contributed by atoms with Crippen molar-refractivity contribution in [2.75, 3.05) is 13.2 Å². The number of carbonyl (C=O) groups excluding carboxylic acids is 1. The number of thiophene rings is 1. The van der Waals surface area contributed by atoms with Crippen molar-refractivity contribution >= 4 is 34.7 Å². The second kappa shape index (κ2) is 9.50. The fraction of sp³-hybridized carbons (Fsp3) is 0.208. The zero-order valence-corrected chi connectivity index (χ0v) is 19.4. The summed E-state index contributed by atoms with van der Waals surface area (Å²) in [4.78, 5) is 32.3. The van der Waals surface area contributed by atoms with E-state index in [1.807, 2.05) is 54.8 Å². The first-order valence-electron chi connectivity index (χ1n) is 10.1. The van der Waals surface area contributed by atoms with Crippen molar-refractivity contribution in [3.05, 3.63) is 95.8 Å². The first-order chi connectivity index (χ1) is 15.5. The molecule has 0 N–H and O–H groups in total. The predicted octanol–water partition coefficient (Wildman–Crippen LogP) is 3.42. The highest BCUT2D eigenvalue weighted by molar-refractivity contribution is 7.10. The number of allylic oxidation sites excluding steroid dienone is 1. The van der Waals surface area contributed by atoms with Gasteiger partial charge in [0.25, 0.3) is 5.56 Å². The third-order valence-electron chi connectivity index (χ3n) is 4.88. The van der Waals surface area contributed by atoms with Gasteiger partial charge in [0.05, 0.1) is 22.4 Å². The molecular weight excluding hydrogens is 444 g/mol. The lowest BCUT2D eigenvalue weighted by Gasteiger charge is -2.23. The molecule has 0 radical (unpaired) electrons. The van der Waals surface area contributed by atoms with Gasteiger partial charge in [-0.1, -0.05) is 42.2 Å². The number of benzene rings is 1. The fourth-order valence-electron chi connectivity index (χ4n) is 3.49. The number of hydrogen-bond acceptors (Lipinski definition) is 7. The van der Waals surface area contributed by atoms with E-state index >= 15 is 0 Å². The largest absolute Gasteiger partial charge is 0.494 e. The van der Waals surface area contributed by atoms with Crippen LogP contribution in [0.4, 0.5) is 0 Å². The summed E-state index contributed by atoms with van der Waals surface area (Å²) >= 11 is 2.79. The van der Waals surface area contributed by atoms with E-state index < -0.39 is 12.0 Å². The van der Waals surface area contributed by atoms with Gasteiger partial charge in [-0.25, -0.2) is 9.79 Å². The Morgan fingerprint density at radius 3 is 2.72 bits per heavy atom. The van der Waals surface area contributed by atoms with Gasteiger partial charge >= 0.3 is 5.97 Å². The Balaban J connectivity index is 1.83. The number of carbonyl (C=O) groups is 1. The summed E-state index contributed by atoms with van der Waals surface area (Å²) in [6, 6.07) is 10.8. The van der Waals surface area contributed by atoms with Gasteiger partial charge in [-0.3, -0.25) is 9.36 Å². The summed E-state index contributed by atoms with van der Waals surface area (Å²) in [6.07, 6.45) is 3.35. The zero-order valence-electron chi connectivity index (χ0n) is 17.7. The van der Waals surface area contributed by atoms with Gasteiger partial charge in [0, 0.05) is 4.88 Å². The minimum absolute atomic E-state index is 0.0922. The van der Waals surface area contributed by atoms with Crippen LogP contribution in [0.25, 0.3) is 6.08 Å². The van der Waals surface area contributed by atoms with Crippen LogP contribution in [0.1, 0.15) is 30.3 Å². The van der Waals surface area contributed by atoms with E-state index in [0.29, 0.717) is 27.2 Å². The van der Waals surface area contributed by atoms with Crippen LogP contribution < -0.4 is 19.6 Å². The second-order valence-corrected chi connectivity index (χ2v) is 8.97. The van der Waals surface area contributed by atoms with E-state index in [0.717, 1.165) is 16.2 Å². The molecule has 1 aromatic carbocycles. The highest BCUT2D eigenvalue weighted by atomic mass is 32.1. The molecule has 32 heavy (non-hydrogen) atoms. The number of rotatable bonds is 7. The molecule has 8 heteroatoms. The van der Waals surface area contributed by atoms with Gasteiger partial charge in [0.2, 0.25) is 0 Å². The Labute approximate surface area is 193 Å². The first kappa shape index (κ1) is 22.0. The topological polar surface area (TPSA) is 69.9 Å². The second-order valence-electron chi connectivity index (χ2n) is 6.99. The normalized spacial score (nSPS) is 15.8. The van der Waals surface area contributed by atoms with Crippen LogP contribution in [0.3, 0.4) is 0 Å². The minimum Gasteiger partial charge on any atom is -0.494 e. The highest BCUT2D eigenvalue weighted by Gasteiger charge is 2.33. The van der Waals surface area contributed by atoms with Gasteiger partial charge in [0.1, 0.15) is 18.4 Å². The van der Waals surface area contributed by atoms with Crippen molar-refractivity contribution in [1.29, 1.82) is 0 Å². The molecule has 0 fully saturated rings. The molecule has 0 saturated carbocycles. The van der Waals surface area contributed by atoms with Gasteiger partial charge in [0.15, 0.2) is 4.80 Å². The Bertz CT molecular complexity index is 1350. The molecule has 6 nitrogen and oxygen atoms in total. The maximum atomic E-state index is 13.5. The van der Waals surface area contributed by atoms with E-state index in [2.05, 4.69) is 11.6 Å². The summed E-state index contributed by atoms with van der Waals surface area (Å²) in [5.41, 5.74) is 1.61. The number of esters is 1. The molecule has 1 aliphatic rings. The third kappa shape index (κ3) is 4.24. The van der Waals surface area contributed by atoms with Gasteiger partial charge < -0.3 is 9.47 Å². The number of ether oxygens (including phenoxy) is 2. The highest BCUT2D eigenvalue weighted by Crippen LogP contribution is 2.33. The van der Waals surface area contributed by atoms with Crippen LogP contribution in [0.5, 0.6) is 5.75 Å². The van der Waals surface area contributed by atoms with Gasteiger partial charge in [-0.05, 0) is 49.1 Å². The molecule has 164 valence electrons. The molecule has 4 rings (SSSR count). The maximum absolute atomic E-state index is 13.5. The van der Waals surface area contributed by atoms with Crippen molar-refractivity contribution in [2.24, 2.45) is 4.99 Å². The first-order valence-corrected chi connectivity index (χ1v) is 11.8. The summed E-state index contributed by atoms with van der Waals surface area (Å²) in [5.74, 6) is 0.285. The van der Waals surface area contributed by atoms with Crippen molar-refractivity contribution in [2.45, 2.75) is 19.9 Å². The minimum atomic E-state index is -0.578. The maximum Gasteiger partial charge on any atom is 0.338 e. The quantitative estimate of drug-likeness (QED) is 0.395. The molecule has 3 aromatic rings. The zero-order chi connectivity index (χ0) is 22.7. The predicted molar refractivity (Wildman–Crippen MR) is 127 cm³/mol. The molecule has 0 aliphatic carbocycles. The van der Waals surface area contributed by atoms with E-state index in [1.165, 1.54) is 28.7 Å². The monoisotopic (exact) mass is 466 g/mol. The molecule has 3 heterocycles. The standard InChI is InChI=1S/C24H22N2O4S2/c1-4-12-30-23(28)20-15(3)25-24-26(21(20)18-7-6-13-31-18)22(27)19(32-24)14-16-8-10-17(11-9-16)29-5-2/h4,6-11,13-14,21H,1,5,12H2,2-3H3. The molecule has 0 saturated heterocycles. The summed E-state index contributed by atoms with van der Waals surface area (Å²) in [6.45, 7) is 7.99. The van der Waals surface area contributed by atoms with Crippen LogP contribution >= 0.6 is 22.7 Å². The average Bonchev–Trinajstić information content (AvgIpc) is 3.41. The Hall–Kier alpha value is -3.23. The number of nitrogens with zero attached hydrogens (tertiary/aromatic N) is 2. The van der Waals surface area contributed by atoms with E-state index in [-0.39, 0.29) is 12.2 Å². The molecule has 0 amide bonds. The number of thiazole rings is 1. The molecule has 1 unspecified atom stereocenters. The molecular formula is C24H22N2O4S2. The van der Waals surface area contributed by atoms with E-state index in [9.17, 15) is 9.59 Å². The van der Waals surface area contributed by atoms with Crippen molar-refractivity contribution in [3.63, 3.8) is 0 Å². The van der Waals surface area contributed by atoms with E-state index in [4.69, 9.17) is 9.47 Å². The van der Waals surface area contributed by atoms with Crippen molar-refractivity contribution in [1.82, 2.24) is 4.57 Å². The Morgan fingerprint density at radius 1 is 1.28 bits per heavy atom. The van der Waals surface area contributed by atoms with E-state index in [1.54, 1.807) is 11.5 Å². The van der Waals surface area contributed by atoms with Crippen molar-refractivity contribution in [3.8, 4) is 5.75 Å². The van der Waals surface area contributed by atoms with Crippen LogP contribution in [-0.2, 0) is 9.53 Å². The lowest BCUT2D eigenvalue weighted by atomic mass is 10.0. The fourth-order valence-corrected chi connectivity index (χ4v) is 5.36. The lowest BCUT2D eigenvalue weighted by Crippen LogP contribution is -2.39. The third-order valence-corrected chi connectivity index (χ3v) is 6.78. The van der Waals surface area contributed by atoms with Crippen LogP contribution in [0.2, 0.25) is 0 Å². The molecule has 1 aliphatic heterocycles. The lowest BCUT2D eigenvalue weighted by molar-refractivity contribution is -0.138. The van der Waals surface area contributed by atoms with Crippen LogP contribution in [-0.4, -0.2) is 23.8 Å². The SMILES string of the molecule is C=CCOC(=O)C1=C(C)N=c2sc(=Cc3ccc(OCC)cc3)c(=O)n2C1c1cccs1. The number of aromatic nitrogens is 1. The van der Waals surface area contributed by atoms with Crippen molar-refractivity contribution < 1.29 is 14.3 Å². The Morgan fingerprint density at radius 2 is 2.06 bits per heavy atom. The summed E-state index contributed by atoms with van der Waals surface area (Å²) in [7, 11) is 0. The number of hydrogen-bond donors (Lipinski definition) is 0. The smallest absolute Gasteiger partial charge is 0.338 e. The number of fused-ring (bicyclic) bond motifs is 1. The molecule has 0 spiro atoms. The Kier molecular flexibility index (Phi) is 6.53. The average molecular weight is 467 g/mol. The summed E-state index contributed by atoms with van der Waals surface area (Å²) < 4.78 is 12.9. The molecule has 0 bridgehead atoms. The van der Waals surface area contributed by atoms with Gasteiger partial charge in [-0.2, -0.15) is 0 Å².